The second-order valence-electron chi connectivity index (χ2n) is 5.53. The number of nitrogens with one attached hydrogen (secondary N) is 1. The Morgan fingerprint density at radius 1 is 1.37 bits per heavy atom. The van der Waals surface area contributed by atoms with E-state index >= 15 is 0 Å². The Morgan fingerprint density at radius 3 is 2.47 bits per heavy atom. The molecule has 5 heteroatoms. The van der Waals surface area contributed by atoms with Gasteiger partial charge in [0, 0.05) is 21.4 Å². The van der Waals surface area contributed by atoms with E-state index in [9.17, 15) is 9.18 Å². The minimum atomic E-state index is -0.424. The molecule has 0 aromatic heterocycles. The topological polar surface area (TPSA) is 29.1 Å². The number of hydrogen-bond acceptors (Lipinski definition) is 1. The van der Waals surface area contributed by atoms with Crippen molar-refractivity contribution in [2.75, 3.05) is 5.33 Å². The molecule has 1 N–H and O–H groups in total. The first-order valence-electron chi connectivity index (χ1n) is 6.07. The van der Waals surface area contributed by atoms with Crippen LogP contribution in [0.5, 0.6) is 0 Å². The van der Waals surface area contributed by atoms with Gasteiger partial charge >= 0.3 is 0 Å². The molecule has 1 rings (SSSR count). The fourth-order valence-corrected chi connectivity index (χ4v) is 2.68. The number of halogens is 3. The predicted molar refractivity (Wildman–Crippen MR) is 83.2 cm³/mol. The minimum Gasteiger partial charge on any atom is -0.349 e. The fraction of sp³-hybridized carbons (Fsp3) is 0.500. The molecular weight excluding hydrogens is 377 g/mol. The first-order chi connectivity index (χ1) is 8.74. The molecule has 0 fully saturated rings. The van der Waals surface area contributed by atoms with Gasteiger partial charge in [0.15, 0.2) is 0 Å². The lowest BCUT2D eigenvalue weighted by atomic mass is 9.85. The van der Waals surface area contributed by atoms with Crippen molar-refractivity contribution in [1.82, 2.24) is 5.32 Å². The van der Waals surface area contributed by atoms with E-state index < -0.39 is 5.82 Å². The van der Waals surface area contributed by atoms with Crippen molar-refractivity contribution in [1.29, 1.82) is 0 Å². The van der Waals surface area contributed by atoms with Crippen LogP contribution in [0.25, 0.3) is 0 Å². The van der Waals surface area contributed by atoms with Crippen molar-refractivity contribution in [2.24, 2.45) is 5.41 Å². The van der Waals surface area contributed by atoms with E-state index in [-0.39, 0.29) is 17.4 Å². The molecule has 2 nitrogen and oxygen atoms in total. The van der Waals surface area contributed by atoms with Gasteiger partial charge in [-0.25, -0.2) is 4.39 Å². The van der Waals surface area contributed by atoms with Crippen molar-refractivity contribution in [3.05, 3.63) is 34.1 Å². The number of amides is 1. The van der Waals surface area contributed by atoms with Gasteiger partial charge in [0.05, 0.1) is 0 Å². The first kappa shape index (κ1) is 16.6. The van der Waals surface area contributed by atoms with E-state index in [1.165, 1.54) is 12.1 Å². The van der Waals surface area contributed by atoms with E-state index in [0.29, 0.717) is 10.0 Å². The van der Waals surface area contributed by atoms with E-state index in [4.69, 9.17) is 0 Å². The van der Waals surface area contributed by atoms with Gasteiger partial charge in [0.1, 0.15) is 5.82 Å². The van der Waals surface area contributed by atoms with Gasteiger partial charge in [0.25, 0.3) is 5.91 Å². The Bertz CT molecular complexity index is 437. The lowest BCUT2D eigenvalue weighted by molar-refractivity contribution is 0.0900. The van der Waals surface area contributed by atoms with Crippen LogP contribution in [0.1, 0.15) is 37.6 Å². The average Bonchev–Trinajstić information content (AvgIpc) is 2.25. The van der Waals surface area contributed by atoms with Crippen LogP contribution in [0, 0.1) is 11.2 Å². The predicted octanol–water partition coefficient (Wildman–Crippen LogP) is 4.52. The highest BCUT2D eigenvalue weighted by atomic mass is 79.9. The molecule has 0 radical (unpaired) electrons. The standard InChI is InChI=1S/C14H18Br2FNO/c1-14(2,3)12(4-5-15)18-13(19)9-6-10(16)8-11(17)7-9/h6-8,12H,4-5H2,1-3H3,(H,18,19). The Morgan fingerprint density at radius 2 is 2.00 bits per heavy atom. The lowest BCUT2D eigenvalue weighted by Crippen LogP contribution is -2.44. The summed E-state index contributed by atoms with van der Waals surface area (Å²) in [7, 11) is 0. The average molecular weight is 395 g/mol. The number of carbonyl (C=O) groups excluding carboxylic acids is 1. The molecular formula is C14H18Br2FNO. The number of carbonyl (C=O) groups is 1. The number of hydrogen-bond donors (Lipinski definition) is 1. The van der Waals surface area contributed by atoms with Crippen molar-refractivity contribution >= 4 is 37.8 Å². The summed E-state index contributed by atoms with van der Waals surface area (Å²) in [4.78, 5) is 12.2. The van der Waals surface area contributed by atoms with Gasteiger partial charge in [0.2, 0.25) is 0 Å². The van der Waals surface area contributed by atoms with E-state index in [0.717, 1.165) is 11.8 Å². The third kappa shape index (κ3) is 5.22. The second-order valence-corrected chi connectivity index (χ2v) is 7.24. The summed E-state index contributed by atoms with van der Waals surface area (Å²) in [6, 6.07) is 4.22. The van der Waals surface area contributed by atoms with Crippen LogP contribution >= 0.6 is 31.9 Å². The number of benzene rings is 1. The molecule has 1 atom stereocenters. The largest absolute Gasteiger partial charge is 0.349 e. The molecule has 0 bridgehead atoms. The van der Waals surface area contributed by atoms with Crippen molar-refractivity contribution in [2.45, 2.75) is 33.2 Å². The molecule has 1 aromatic carbocycles. The molecule has 0 aliphatic heterocycles. The van der Waals surface area contributed by atoms with Crippen LogP contribution < -0.4 is 5.32 Å². The van der Waals surface area contributed by atoms with Crippen LogP contribution in [0.2, 0.25) is 0 Å². The van der Waals surface area contributed by atoms with Crippen LogP contribution in [0.15, 0.2) is 22.7 Å². The van der Waals surface area contributed by atoms with Gasteiger partial charge in [-0.3, -0.25) is 4.79 Å². The maximum Gasteiger partial charge on any atom is 0.251 e. The van der Waals surface area contributed by atoms with Gasteiger partial charge in [-0.2, -0.15) is 0 Å². The Balaban J connectivity index is 2.87. The second kappa shape index (κ2) is 6.84. The zero-order valence-electron chi connectivity index (χ0n) is 11.3. The SMILES string of the molecule is CC(C)(C)C(CCBr)NC(=O)c1cc(F)cc(Br)c1. The summed E-state index contributed by atoms with van der Waals surface area (Å²) in [5.41, 5.74) is 0.282. The third-order valence-corrected chi connectivity index (χ3v) is 3.79. The van der Waals surface area contributed by atoms with Gasteiger partial charge < -0.3 is 5.32 Å². The highest BCUT2D eigenvalue weighted by Crippen LogP contribution is 2.23. The van der Waals surface area contributed by atoms with E-state index in [1.807, 2.05) is 0 Å². The summed E-state index contributed by atoms with van der Waals surface area (Å²) in [5.74, 6) is -0.673. The quantitative estimate of drug-likeness (QED) is 0.747. The molecule has 0 saturated carbocycles. The van der Waals surface area contributed by atoms with Crippen molar-refractivity contribution < 1.29 is 9.18 Å². The molecule has 106 valence electrons. The summed E-state index contributed by atoms with van der Waals surface area (Å²) < 4.78 is 13.9. The smallest absolute Gasteiger partial charge is 0.251 e. The van der Waals surface area contributed by atoms with Crippen LogP contribution in [0.4, 0.5) is 4.39 Å². The Hall–Kier alpha value is -0.420. The molecule has 1 aromatic rings. The minimum absolute atomic E-state index is 0.0291. The maximum absolute atomic E-state index is 13.3. The van der Waals surface area contributed by atoms with Crippen molar-refractivity contribution in [3.8, 4) is 0 Å². The van der Waals surface area contributed by atoms with Crippen LogP contribution in [-0.2, 0) is 0 Å². The summed E-state index contributed by atoms with van der Waals surface area (Å²) in [6.07, 6.45) is 0.825. The Kier molecular flexibility index (Phi) is 5.99. The molecule has 1 amide bonds. The summed E-state index contributed by atoms with van der Waals surface area (Å²) in [5, 5.41) is 3.78. The normalized spacial score (nSPS) is 13.2. The molecule has 0 heterocycles. The molecule has 0 spiro atoms. The van der Waals surface area contributed by atoms with E-state index in [2.05, 4.69) is 57.9 Å². The molecule has 0 aliphatic carbocycles. The third-order valence-electron chi connectivity index (χ3n) is 2.87. The first-order valence-corrected chi connectivity index (χ1v) is 7.98. The zero-order chi connectivity index (χ0) is 14.6. The fourth-order valence-electron chi connectivity index (χ4n) is 1.76. The molecule has 0 aliphatic rings. The van der Waals surface area contributed by atoms with Gasteiger partial charge in [-0.1, -0.05) is 52.6 Å². The number of rotatable bonds is 4. The summed E-state index contributed by atoms with van der Waals surface area (Å²) in [6.45, 7) is 6.21. The van der Waals surface area contributed by atoms with Crippen LogP contribution in [0.3, 0.4) is 0 Å². The number of alkyl halides is 1. The maximum atomic E-state index is 13.3. The lowest BCUT2D eigenvalue weighted by Gasteiger charge is -2.31. The van der Waals surface area contributed by atoms with Crippen LogP contribution in [-0.4, -0.2) is 17.3 Å². The molecule has 19 heavy (non-hydrogen) atoms. The summed E-state index contributed by atoms with van der Waals surface area (Å²) >= 11 is 6.58. The highest BCUT2D eigenvalue weighted by molar-refractivity contribution is 9.10. The monoisotopic (exact) mass is 393 g/mol. The van der Waals surface area contributed by atoms with E-state index in [1.54, 1.807) is 6.07 Å². The van der Waals surface area contributed by atoms with Gasteiger partial charge in [-0.15, -0.1) is 0 Å². The zero-order valence-corrected chi connectivity index (χ0v) is 14.4. The highest BCUT2D eigenvalue weighted by Gasteiger charge is 2.26. The molecule has 0 saturated heterocycles. The molecule has 1 unspecified atom stereocenters. The van der Waals surface area contributed by atoms with Gasteiger partial charge in [-0.05, 0) is 30.0 Å². The Labute approximate surface area is 130 Å². The van der Waals surface area contributed by atoms with Crippen molar-refractivity contribution in [3.63, 3.8) is 0 Å².